The highest BCUT2D eigenvalue weighted by Crippen LogP contribution is 2.45. The second-order valence-corrected chi connectivity index (χ2v) is 10.0. The third-order valence-electron chi connectivity index (χ3n) is 5.24. The summed E-state index contributed by atoms with van der Waals surface area (Å²) in [5.74, 6) is 1.09. The van der Waals surface area contributed by atoms with Gasteiger partial charge in [-0.2, -0.15) is 4.98 Å². The van der Waals surface area contributed by atoms with Crippen LogP contribution >= 0.6 is 23.4 Å². The molecule has 178 valence electrons. The van der Waals surface area contributed by atoms with Crippen LogP contribution in [0.25, 0.3) is 16.9 Å². The molecule has 1 N–H and O–H groups in total. The van der Waals surface area contributed by atoms with E-state index in [1.807, 2.05) is 30.3 Å². The molecule has 0 amide bonds. The van der Waals surface area contributed by atoms with E-state index < -0.39 is 0 Å². The van der Waals surface area contributed by atoms with Crippen LogP contribution < -0.4 is 15.2 Å². The molecular weight excluding hydrogens is 476 g/mol. The maximum atomic E-state index is 12.8. The van der Waals surface area contributed by atoms with E-state index in [2.05, 4.69) is 34.9 Å². The number of rotatable bonds is 9. The van der Waals surface area contributed by atoms with Crippen LogP contribution in [0, 0.1) is 0 Å². The minimum Gasteiger partial charge on any atom is -0.491 e. The molecule has 2 heterocycles. The monoisotopic (exact) mass is 500 g/mol. The molecule has 4 aromatic rings. The molecule has 0 aliphatic rings. The number of aromatic nitrogens is 4. The zero-order valence-corrected chi connectivity index (χ0v) is 20.9. The summed E-state index contributed by atoms with van der Waals surface area (Å²) < 4.78 is 17.4. The number of fused-ring (bicyclic) bond motifs is 1. The van der Waals surface area contributed by atoms with Gasteiger partial charge in [-0.1, -0.05) is 29.8 Å². The highest BCUT2D eigenvalue weighted by atomic mass is 35.5. The number of aromatic amines is 1. The smallest absolute Gasteiger partial charge is 0.332 e. The van der Waals surface area contributed by atoms with Crippen molar-refractivity contribution in [2.24, 2.45) is 0 Å². The van der Waals surface area contributed by atoms with E-state index >= 15 is 0 Å². The lowest BCUT2D eigenvalue weighted by Crippen LogP contribution is -2.16. The molecule has 0 aliphatic carbocycles. The Morgan fingerprint density at radius 3 is 2.68 bits per heavy atom. The largest absolute Gasteiger partial charge is 0.491 e. The highest BCUT2D eigenvalue weighted by molar-refractivity contribution is 8.00. The number of H-pyrrole nitrogens is 1. The summed E-state index contributed by atoms with van der Waals surface area (Å²) in [5, 5.41) is 0.422. The van der Waals surface area contributed by atoms with Crippen molar-refractivity contribution in [2.45, 2.75) is 23.5 Å². The van der Waals surface area contributed by atoms with Crippen LogP contribution in [0.3, 0.4) is 0 Å². The molecule has 34 heavy (non-hydrogen) atoms. The Hall–Kier alpha value is -3.01. The molecule has 0 spiro atoms. The predicted molar refractivity (Wildman–Crippen MR) is 134 cm³/mol. The Morgan fingerprint density at radius 1 is 1.12 bits per heavy atom. The van der Waals surface area contributed by atoms with E-state index in [0.29, 0.717) is 35.1 Å². The Bertz CT molecular complexity index is 1370. The van der Waals surface area contributed by atoms with Crippen LogP contribution in [-0.4, -0.2) is 47.0 Å². The van der Waals surface area contributed by atoms with Gasteiger partial charge >= 0.3 is 5.69 Å². The van der Waals surface area contributed by atoms with Gasteiger partial charge in [0.1, 0.15) is 24.2 Å². The molecule has 10 heteroatoms. The van der Waals surface area contributed by atoms with Gasteiger partial charge in [-0.05, 0) is 38.1 Å². The minimum absolute atomic E-state index is 0.286. The summed E-state index contributed by atoms with van der Waals surface area (Å²) in [7, 11) is 3.13. The standard InChI is InChI=1S/C24H25ClN4O4S/c1-24(2,16-7-5-6-8-19(16)33-12-11-31-3)34-15-9-10-17(25)18(13-15)29-21-20(28-23(29)30)22(32-4)27-14-26-21/h5-10,13-14H,11-12H2,1-4H3,(H,28,30). The van der Waals surface area contributed by atoms with Gasteiger partial charge in [-0.3, -0.25) is 4.98 Å². The van der Waals surface area contributed by atoms with Gasteiger partial charge in [0, 0.05) is 22.3 Å². The van der Waals surface area contributed by atoms with E-state index in [0.717, 1.165) is 16.2 Å². The first kappa shape index (κ1) is 24.1. The van der Waals surface area contributed by atoms with Crippen LogP contribution in [0.1, 0.15) is 19.4 Å². The first-order valence-electron chi connectivity index (χ1n) is 10.6. The van der Waals surface area contributed by atoms with Crippen molar-refractivity contribution in [2.75, 3.05) is 27.4 Å². The van der Waals surface area contributed by atoms with E-state index in [4.69, 9.17) is 25.8 Å². The SMILES string of the molecule is COCCOc1ccccc1C(C)(C)Sc1ccc(Cl)c(-n2c(=O)[nH]c3c(OC)ncnc32)c1. The van der Waals surface area contributed by atoms with E-state index in [-0.39, 0.29) is 16.3 Å². The number of imidazole rings is 1. The molecule has 2 aromatic carbocycles. The van der Waals surface area contributed by atoms with Crippen molar-refractivity contribution in [3.63, 3.8) is 0 Å². The molecule has 0 radical (unpaired) electrons. The van der Waals surface area contributed by atoms with E-state index in [1.54, 1.807) is 24.9 Å². The zero-order chi connectivity index (χ0) is 24.3. The van der Waals surface area contributed by atoms with E-state index in [1.165, 1.54) is 18.0 Å². The quantitative estimate of drug-likeness (QED) is 0.260. The first-order chi connectivity index (χ1) is 16.4. The molecule has 0 aliphatic heterocycles. The van der Waals surface area contributed by atoms with Crippen LogP contribution in [0.5, 0.6) is 11.6 Å². The fourth-order valence-corrected chi connectivity index (χ4v) is 5.06. The number of nitrogens with zero attached hydrogens (tertiary/aromatic N) is 3. The topological polar surface area (TPSA) is 91.3 Å². The number of ether oxygens (including phenoxy) is 3. The summed E-state index contributed by atoms with van der Waals surface area (Å²) in [6.45, 7) is 5.23. The normalized spacial score (nSPS) is 11.7. The van der Waals surface area contributed by atoms with E-state index in [9.17, 15) is 4.79 Å². The van der Waals surface area contributed by atoms with Crippen molar-refractivity contribution in [1.82, 2.24) is 19.5 Å². The average molecular weight is 501 g/mol. The number of halogens is 1. The number of hydrogen-bond acceptors (Lipinski definition) is 7. The van der Waals surface area contributed by atoms with Gasteiger partial charge < -0.3 is 14.2 Å². The first-order valence-corrected chi connectivity index (χ1v) is 11.7. The molecule has 0 saturated carbocycles. The van der Waals surface area contributed by atoms with Gasteiger partial charge in [0.15, 0.2) is 5.65 Å². The molecular formula is C24H25ClN4O4S. The molecule has 0 fully saturated rings. The van der Waals surface area contributed by atoms with Crippen molar-refractivity contribution in [3.8, 4) is 17.3 Å². The maximum Gasteiger partial charge on any atom is 0.332 e. The van der Waals surface area contributed by atoms with Crippen molar-refractivity contribution >= 4 is 34.5 Å². The van der Waals surface area contributed by atoms with Crippen LogP contribution in [-0.2, 0) is 9.48 Å². The molecule has 0 bridgehead atoms. The Kier molecular flexibility index (Phi) is 7.16. The summed E-state index contributed by atoms with van der Waals surface area (Å²) in [5.41, 5.74) is 1.98. The number of para-hydroxylation sites is 1. The number of benzene rings is 2. The summed E-state index contributed by atoms with van der Waals surface area (Å²) in [4.78, 5) is 24.9. The fourth-order valence-electron chi connectivity index (χ4n) is 3.68. The second kappa shape index (κ2) is 10.1. The second-order valence-electron chi connectivity index (χ2n) is 7.91. The Labute approximate surface area is 206 Å². The van der Waals surface area contributed by atoms with Crippen molar-refractivity contribution in [1.29, 1.82) is 0 Å². The lowest BCUT2D eigenvalue weighted by molar-refractivity contribution is 0.145. The number of nitrogens with one attached hydrogen (secondary N) is 1. The zero-order valence-electron chi connectivity index (χ0n) is 19.3. The molecule has 2 aromatic heterocycles. The number of methoxy groups -OCH3 is 2. The molecule has 4 rings (SSSR count). The molecule has 8 nitrogen and oxygen atoms in total. The molecule has 0 atom stereocenters. The van der Waals surface area contributed by atoms with Gasteiger partial charge in [-0.15, -0.1) is 11.8 Å². The predicted octanol–water partition coefficient (Wildman–Crippen LogP) is 4.82. The van der Waals surface area contributed by atoms with Crippen LogP contribution in [0.2, 0.25) is 5.02 Å². The average Bonchev–Trinajstić information content (AvgIpc) is 3.16. The summed E-state index contributed by atoms with van der Waals surface area (Å²) in [6, 6.07) is 13.5. The Morgan fingerprint density at radius 2 is 1.91 bits per heavy atom. The summed E-state index contributed by atoms with van der Waals surface area (Å²) in [6.07, 6.45) is 1.35. The lowest BCUT2D eigenvalue weighted by Gasteiger charge is -2.27. The van der Waals surface area contributed by atoms with Gasteiger partial charge in [-0.25, -0.2) is 14.3 Å². The van der Waals surface area contributed by atoms with Crippen molar-refractivity contribution < 1.29 is 14.2 Å². The maximum absolute atomic E-state index is 12.8. The molecule has 0 unspecified atom stereocenters. The Balaban J connectivity index is 1.71. The highest BCUT2D eigenvalue weighted by Gasteiger charge is 2.27. The number of hydrogen-bond donors (Lipinski definition) is 1. The van der Waals surface area contributed by atoms with Gasteiger partial charge in [0.05, 0.1) is 24.4 Å². The molecule has 0 saturated heterocycles. The minimum atomic E-state index is -0.381. The van der Waals surface area contributed by atoms with Crippen LogP contribution in [0.4, 0.5) is 0 Å². The number of thioether (sulfide) groups is 1. The summed E-state index contributed by atoms with van der Waals surface area (Å²) >= 11 is 8.17. The third-order valence-corrected chi connectivity index (χ3v) is 6.78. The fraction of sp³-hybridized carbons (Fsp3) is 0.292. The third kappa shape index (κ3) is 4.77. The lowest BCUT2D eigenvalue weighted by atomic mass is 10.0. The van der Waals surface area contributed by atoms with Gasteiger partial charge in [0.25, 0.3) is 0 Å². The van der Waals surface area contributed by atoms with Crippen molar-refractivity contribution in [3.05, 3.63) is 69.9 Å². The van der Waals surface area contributed by atoms with Gasteiger partial charge in [0.2, 0.25) is 5.88 Å². The van der Waals surface area contributed by atoms with Crippen LogP contribution in [0.15, 0.2) is 58.5 Å².